The Labute approximate surface area is 132 Å². The molecule has 0 saturated heterocycles. The van der Waals surface area contributed by atoms with Gasteiger partial charge in [-0.1, -0.05) is 30.3 Å². The fourth-order valence-corrected chi connectivity index (χ4v) is 1.74. The van der Waals surface area contributed by atoms with E-state index in [0.29, 0.717) is 0 Å². The lowest BCUT2D eigenvalue weighted by Gasteiger charge is -2.20. The monoisotopic (exact) mass is 326 g/mol. The molecule has 1 aromatic carbocycles. The van der Waals surface area contributed by atoms with E-state index in [2.05, 4.69) is 9.97 Å². The van der Waals surface area contributed by atoms with Crippen molar-refractivity contribution in [1.82, 2.24) is 9.97 Å². The molecule has 0 aliphatic rings. The lowest BCUT2D eigenvalue weighted by molar-refractivity contribution is -0.141. The summed E-state index contributed by atoms with van der Waals surface area (Å²) >= 11 is 0. The smallest absolute Gasteiger partial charge is 0.363 e. The van der Waals surface area contributed by atoms with Crippen LogP contribution in [0.15, 0.2) is 36.4 Å². The lowest BCUT2D eigenvalue weighted by Crippen LogP contribution is -2.24. The van der Waals surface area contributed by atoms with E-state index in [0.717, 1.165) is 16.7 Å². The van der Waals surface area contributed by atoms with Crippen molar-refractivity contribution in [2.24, 2.45) is 0 Å². The van der Waals surface area contributed by atoms with Crippen molar-refractivity contribution in [1.29, 1.82) is 0 Å². The molecule has 0 aliphatic carbocycles. The predicted molar refractivity (Wildman–Crippen MR) is 81.0 cm³/mol. The molecule has 2 rings (SSSR count). The summed E-state index contributed by atoms with van der Waals surface area (Å²) in [7, 11) is 4.69. The Morgan fingerprint density at radius 2 is 1.70 bits per heavy atom. The van der Waals surface area contributed by atoms with E-state index in [1.165, 1.54) is 11.9 Å². The molecule has 0 unspecified atom stereocenters. The summed E-state index contributed by atoms with van der Waals surface area (Å²) in [6.45, 7) is 0.203. The summed E-state index contributed by atoms with van der Waals surface area (Å²) in [5.74, 6) is -0.00283. The molecular weight excluding hydrogens is 309 g/mol. The molecule has 0 bridgehead atoms. The highest BCUT2D eigenvalue weighted by Crippen LogP contribution is 2.30. The summed E-state index contributed by atoms with van der Waals surface area (Å²) in [6.07, 6.45) is -4.55. The molecule has 2 aromatic rings. The molecule has 1 aromatic heterocycles. The van der Waals surface area contributed by atoms with Gasteiger partial charge in [0.05, 0.1) is 0 Å². The average Bonchev–Trinajstić information content (AvgIpc) is 2.52. The number of benzene rings is 1. The Bertz CT molecular complexity index is 647. The molecule has 1 heterocycles. The van der Waals surface area contributed by atoms with Gasteiger partial charge in [-0.2, -0.15) is 18.2 Å². The van der Waals surface area contributed by atoms with Crippen molar-refractivity contribution in [2.45, 2.75) is 12.8 Å². The van der Waals surface area contributed by atoms with Gasteiger partial charge in [-0.05, 0) is 5.56 Å². The number of hydrogen-bond acceptors (Lipinski definition) is 5. The van der Waals surface area contributed by atoms with E-state index in [1.807, 2.05) is 30.3 Å². The second-order valence-corrected chi connectivity index (χ2v) is 5.06. The maximum Gasteiger partial charge on any atom is 0.433 e. The third-order valence-corrected chi connectivity index (χ3v) is 3.00. The maximum atomic E-state index is 13.0. The molecule has 0 fully saturated rings. The molecule has 0 spiro atoms. The molecular formula is C15H17F3N4O. The van der Waals surface area contributed by atoms with Crippen molar-refractivity contribution in [3.8, 4) is 0 Å². The fraction of sp³-hybridized carbons (Fsp3) is 0.333. The van der Waals surface area contributed by atoms with Crippen LogP contribution in [0.25, 0.3) is 0 Å². The molecule has 5 nitrogen and oxygen atoms in total. The van der Waals surface area contributed by atoms with Gasteiger partial charge in [-0.3, -0.25) is 4.84 Å². The van der Waals surface area contributed by atoms with E-state index >= 15 is 0 Å². The minimum atomic E-state index is -4.55. The van der Waals surface area contributed by atoms with Crippen LogP contribution in [0.1, 0.15) is 11.3 Å². The van der Waals surface area contributed by atoms with Crippen molar-refractivity contribution in [3.63, 3.8) is 0 Å². The first kappa shape index (κ1) is 17.0. The highest BCUT2D eigenvalue weighted by molar-refractivity contribution is 5.44. The molecule has 124 valence electrons. The normalized spacial score (nSPS) is 11.4. The minimum absolute atomic E-state index is 0.150. The molecule has 23 heavy (non-hydrogen) atoms. The van der Waals surface area contributed by atoms with Crippen LogP contribution >= 0.6 is 0 Å². The lowest BCUT2D eigenvalue weighted by atomic mass is 10.2. The Morgan fingerprint density at radius 3 is 2.26 bits per heavy atom. The van der Waals surface area contributed by atoms with Crippen molar-refractivity contribution in [2.75, 3.05) is 31.1 Å². The van der Waals surface area contributed by atoms with Crippen molar-refractivity contribution in [3.05, 3.63) is 47.7 Å². The third-order valence-electron chi connectivity index (χ3n) is 3.00. The summed E-state index contributed by atoms with van der Waals surface area (Å²) in [5.41, 5.74) is -0.125. The summed E-state index contributed by atoms with van der Waals surface area (Å²) in [5, 5.41) is 1.13. The quantitative estimate of drug-likeness (QED) is 0.790. The van der Waals surface area contributed by atoms with E-state index in [-0.39, 0.29) is 18.4 Å². The zero-order valence-electron chi connectivity index (χ0n) is 13.0. The first-order valence-corrected chi connectivity index (χ1v) is 6.81. The standard InChI is InChI=1S/C15H17F3N4O/c1-21(2)13-9-12(15(16,17)18)19-14(20-13)22(3)23-10-11-7-5-4-6-8-11/h4-9H,10H2,1-3H3. The van der Waals surface area contributed by atoms with E-state index in [9.17, 15) is 13.2 Å². The highest BCUT2D eigenvalue weighted by atomic mass is 19.4. The van der Waals surface area contributed by atoms with Gasteiger partial charge in [-0.15, -0.1) is 0 Å². The summed E-state index contributed by atoms with van der Waals surface area (Å²) in [6, 6.07) is 10.2. The number of anilines is 2. The molecule has 0 aliphatic heterocycles. The van der Waals surface area contributed by atoms with Crippen LogP contribution in [0.2, 0.25) is 0 Å². The largest absolute Gasteiger partial charge is 0.433 e. The van der Waals surface area contributed by atoms with Crippen LogP contribution in [0.4, 0.5) is 24.9 Å². The van der Waals surface area contributed by atoms with Crippen molar-refractivity contribution >= 4 is 11.8 Å². The molecule has 0 amide bonds. The predicted octanol–water partition coefficient (Wildman–Crippen LogP) is 3.13. The molecule has 0 atom stereocenters. The average molecular weight is 326 g/mol. The second kappa shape index (κ2) is 6.82. The Kier molecular flexibility index (Phi) is 5.05. The molecule has 0 radical (unpaired) electrons. The van der Waals surface area contributed by atoms with Crippen LogP contribution in [0.5, 0.6) is 0 Å². The van der Waals surface area contributed by atoms with Gasteiger partial charge < -0.3 is 4.90 Å². The van der Waals surface area contributed by atoms with Crippen LogP contribution in [-0.4, -0.2) is 31.1 Å². The molecule has 8 heteroatoms. The van der Waals surface area contributed by atoms with Crippen LogP contribution in [0, 0.1) is 0 Å². The van der Waals surface area contributed by atoms with Gasteiger partial charge in [0.1, 0.15) is 12.4 Å². The second-order valence-electron chi connectivity index (χ2n) is 5.06. The van der Waals surface area contributed by atoms with Gasteiger partial charge in [0.15, 0.2) is 5.69 Å². The summed E-state index contributed by atoms with van der Waals surface area (Å²) < 4.78 is 38.9. The molecule has 0 N–H and O–H groups in total. The number of halogens is 3. The van der Waals surface area contributed by atoms with E-state index in [4.69, 9.17) is 4.84 Å². The zero-order chi connectivity index (χ0) is 17.0. The van der Waals surface area contributed by atoms with Crippen LogP contribution in [-0.2, 0) is 17.6 Å². The zero-order valence-corrected chi connectivity index (χ0v) is 13.0. The van der Waals surface area contributed by atoms with Crippen LogP contribution in [0.3, 0.4) is 0 Å². The van der Waals surface area contributed by atoms with Gasteiger partial charge in [0.25, 0.3) is 5.95 Å². The number of alkyl halides is 3. The van der Waals surface area contributed by atoms with Gasteiger partial charge in [0.2, 0.25) is 0 Å². The SMILES string of the molecule is CN(C)c1cc(C(F)(F)F)nc(N(C)OCc2ccccc2)n1. The number of rotatable bonds is 5. The highest BCUT2D eigenvalue weighted by Gasteiger charge is 2.34. The maximum absolute atomic E-state index is 13.0. The van der Waals surface area contributed by atoms with E-state index in [1.54, 1.807) is 14.1 Å². The van der Waals surface area contributed by atoms with Crippen molar-refractivity contribution < 1.29 is 18.0 Å². The first-order chi connectivity index (χ1) is 10.8. The Hall–Kier alpha value is -2.35. The van der Waals surface area contributed by atoms with Crippen LogP contribution < -0.4 is 9.96 Å². The van der Waals surface area contributed by atoms with Gasteiger partial charge in [0, 0.05) is 27.2 Å². The number of hydrogen-bond donors (Lipinski definition) is 0. The fourth-order valence-electron chi connectivity index (χ4n) is 1.74. The molecule has 0 saturated carbocycles. The number of hydroxylamine groups is 1. The van der Waals surface area contributed by atoms with E-state index < -0.39 is 11.9 Å². The third kappa shape index (κ3) is 4.56. The van der Waals surface area contributed by atoms with Gasteiger partial charge in [-0.25, -0.2) is 10.0 Å². The minimum Gasteiger partial charge on any atom is -0.363 e. The Morgan fingerprint density at radius 1 is 1.04 bits per heavy atom. The first-order valence-electron chi connectivity index (χ1n) is 6.81. The van der Waals surface area contributed by atoms with Gasteiger partial charge >= 0.3 is 6.18 Å². The topological polar surface area (TPSA) is 41.5 Å². The summed E-state index contributed by atoms with van der Waals surface area (Å²) in [4.78, 5) is 14.5. The number of nitrogens with zero attached hydrogens (tertiary/aromatic N) is 4. The number of aromatic nitrogens is 2. The Balaban J connectivity index is 2.21.